The number of ether oxygens (including phenoxy) is 1. The predicted octanol–water partition coefficient (Wildman–Crippen LogP) is 3.30. The van der Waals surface area contributed by atoms with Gasteiger partial charge < -0.3 is 15.8 Å². The van der Waals surface area contributed by atoms with E-state index in [9.17, 15) is 4.79 Å². The number of nitrogens with two attached hydrogens (primary N) is 1. The van der Waals surface area contributed by atoms with E-state index in [2.05, 4.69) is 5.32 Å². The molecule has 4 nitrogen and oxygen atoms in total. The van der Waals surface area contributed by atoms with Gasteiger partial charge in [-0.25, -0.2) is 0 Å². The molecular weight excluding hydrogens is 288 g/mol. The van der Waals surface area contributed by atoms with Gasteiger partial charge in [-0.1, -0.05) is 41.4 Å². The molecule has 2 aromatic carbocycles. The maximum atomic E-state index is 12.2. The van der Waals surface area contributed by atoms with Crippen molar-refractivity contribution < 1.29 is 9.53 Å². The highest BCUT2D eigenvalue weighted by Gasteiger charge is 2.16. The molecule has 0 spiro atoms. The van der Waals surface area contributed by atoms with Crippen LogP contribution in [0.5, 0.6) is 5.75 Å². The summed E-state index contributed by atoms with van der Waals surface area (Å²) in [6.07, 6.45) is 0. The van der Waals surface area contributed by atoms with Crippen LogP contribution in [0.15, 0.2) is 42.5 Å². The summed E-state index contributed by atoms with van der Waals surface area (Å²) in [6.45, 7) is 1.98. The normalized spacial score (nSPS) is 11.8. The molecule has 0 aromatic heterocycles. The molecule has 2 aromatic rings. The van der Waals surface area contributed by atoms with Gasteiger partial charge in [0.2, 0.25) is 5.91 Å². The van der Waals surface area contributed by atoms with Crippen molar-refractivity contribution in [3.05, 3.63) is 58.6 Å². The Morgan fingerprint density at radius 2 is 1.90 bits per heavy atom. The number of hydrogen-bond donors (Lipinski definition) is 2. The molecule has 21 heavy (non-hydrogen) atoms. The maximum absolute atomic E-state index is 12.2. The van der Waals surface area contributed by atoms with Crippen LogP contribution in [0.25, 0.3) is 0 Å². The third kappa shape index (κ3) is 3.74. The summed E-state index contributed by atoms with van der Waals surface area (Å²) in [5.41, 5.74) is 8.44. The number of amides is 1. The average Bonchev–Trinajstić information content (AvgIpc) is 2.49. The van der Waals surface area contributed by atoms with Gasteiger partial charge >= 0.3 is 0 Å². The molecule has 5 heteroatoms. The van der Waals surface area contributed by atoms with Crippen LogP contribution in [0.2, 0.25) is 5.02 Å². The summed E-state index contributed by atoms with van der Waals surface area (Å²) in [5, 5.41) is 3.24. The Morgan fingerprint density at radius 1 is 1.24 bits per heavy atom. The van der Waals surface area contributed by atoms with E-state index in [1.54, 1.807) is 18.2 Å². The smallest absolute Gasteiger partial charge is 0.245 e. The molecule has 1 amide bonds. The fraction of sp³-hybridized carbons (Fsp3) is 0.188. The molecule has 0 fully saturated rings. The summed E-state index contributed by atoms with van der Waals surface area (Å²) >= 11 is 5.94. The fourth-order valence-corrected chi connectivity index (χ4v) is 2.08. The van der Waals surface area contributed by atoms with Crippen LogP contribution in [0.4, 0.5) is 5.69 Å². The third-order valence-corrected chi connectivity index (χ3v) is 3.45. The monoisotopic (exact) mass is 304 g/mol. The molecule has 0 heterocycles. The second kappa shape index (κ2) is 6.61. The van der Waals surface area contributed by atoms with E-state index in [1.165, 1.54) is 7.11 Å². The first-order valence-corrected chi connectivity index (χ1v) is 6.85. The van der Waals surface area contributed by atoms with Crippen LogP contribution in [0, 0.1) is 6.92 Å². The van der Waals surface area contributed by atoms with E-state index in [0.717, 1.165) is 11.1 Å². The molecule has 0 saturated carbocycles. The molecule has 0 bridgehead atoms. The van der Waals surface area contributed by atoms with E-state index in [-0.39, 0.29) is 5.91 Å². The maximum Gasteiger partial charge on any atom is 0.245 e. The van der Waals surface area contributed by atoms with Crippen LogP contribution in [-0.4, -0.2) is 13.0 Å². The zero-order chi connectivity index (χ0) is 15.4. The quantitative estimate of drug-likeness (QED) is 0.911. The first kappa shape index (κ1) is 15.4. The van der Waals surface area contributed by atoms with Crippen molar-refractivity contribution in [3.63, 3.8) is 0 Å². The zero-order valence-electron chi connectivity index (χ0n) is 11.9. The zero-order valence-corrected chi connectivity index (χ0v) is 12.6. The lowest BCUT2D eigenvalue weighted by Gasteiger charge is -2.14. The van der Waals surface area contributed by atoms with Gasteiger partial charge in [-0.3, -0.25) is 4.79 Å². The van der Waals surface area contributed by atoms with Gasteiger partial charge in [0.15, 0.2) is 0 Å². The summed E-state index contributed by atoms with van der Waals surface area (Å²) in [6, 6.07) is 11.8. The Labute approximate surface area is 128 Å². The largest absolute Gasteiger partial charge is 0.495 e. The summed E-state index contributed by atoms with van der Waals surface area (Å²) in [4.78, 5) is 12.2. The Morgan fingerprint density at radius 3 is 2.52 bits per heavy atom. The highest BCUT2D eigenvalue weighted by atomic mass is 35.5. The van der Waals surface area contributed by atoms with Crippen LogP contribution in [-0.2, 0) is 4.79 Å². The Balaban J connectivity index is 2.12. The van der Waals surface area contributed by atoms with Crippen LogP contribution >= 0.6 is 11.6 Å². The lowest BCUT2D eigenvalue weighted by molar-refractivity contribution is -0.117. The van der Waals surface area contributed by atoms with Crippen LogP contribution in [0.3, 0.4) is 0 Å². The second-order valence-electron chi connectivity index (χ2n) is 4.73. The number of halogens is 1. The van der Waals surface area contributed by atoms with Crippen molar-refractivity contribution in [2.24, 2.45) is 5.73 Å². The number of carbonyl (C=O) groups is 1. The molecule has 110 valence electrons. The summed E-state index contributed by atoms with van der Waals surface area (Å²) in [7, 11) is 1.52. The van der Waals surface area contributed by atoms with Gasteiger partial charge in [-0.05, 0) is 24.6 Å². The van der Waals surface area contributed by atoms with Crippen LogP contribution < -0.4 is 15.8 Å². The Bertz CT molecular complexity index is 641. The van der Waals surface area contributed by atoms with Gasteiger partial charge in [0.25, 0.3) is 0 Å². The summed E-state index contributed by atoms with van der Waals surface area (Å²) in [5.74, 6) is 0.210. The van der Waals surface area contributed by atoms with Crippen molar-refractivity contribution in [2.45, 2.75) is 13.0 Å². The van der Waals surface area contributed by atoms with Gasteiger partial charge in [-0.15, -0.1) is 0 Å². The molecule has 0 aliphatic heterocycles. The van der Waals surface area contributed by atoms with Crippen molar-refractivity contribution in [3.8, 4) is 5.75 Å². The fourth-order valence-electron chi connectivity index (χ4n) is 1.88. The molecule has 2 rings (SSSR count). The molecule has 0 radical (unpaired) electrons. The minimum Gasteiger partial charge on any atom is -0.495 e. The molecule has 1 atom stereocenters. The number of methoxy groups -OCH3 is 1. The number of anilines is 1. The van der Waals surface area contributed by atoms with Gasteiger partial charge in [-0.2, -0.15) is 0 Å². The van der Waals surface area contributed by atoms with E-state index >= 15 is 0 Å². The van der Waals surface area contributed by atoms with Crippen LogP contribution in [0.1, 0.15) is 17.2 Å². The molecule has 0 aliphatic carbocycles. The minimum atomic E-state index is -0.729. The Kier molecular flexibility index (Phi) is 4.83. The number of benzene rings is 2. The highest BCUT2D eigenvalue weighted by Crippen LogP contribution is 2.27. The first-order valence-electron chi connectivity index (χ1n) is 6.48. The standard InChI is InChI=1S/C16H17ClN2O2/c1-10-3-5-11(6-4-10)15(18)16(20)19-12-7-8-13(17)14(9-12)21-2/h3-9,15H,18H2,1-2H3,(H,19,20). The predicted molar refractivity (Wildman–Crippen MR) is 84.7 cm³/mol. The lowest BCUT2D eigenvalue weighted by Crippen LogP contribution is -2.27. The number of hydrogen-bond acceptors (Lipinski definition) is 3. The van der Waals surface area contributed by atoms with Crippen molar-refractivity contribution in [1.82, 2.24) is 0 Å². The van der Waals surface area contributed by atoms with E-state index in [4.69, 9.17) is 22.1 Å². The van der Waals surface area contributed by atoms with Crippen molar-refractivity contribution >= 4 is 23.2 Å². The molecule has 0 aliphatic rings. The van der Waals surface area contributed by atoms with Gasteiger partial charge in [0, 0.05) is 11.8 Å². The number of rotatable bonds is 4. The molecule has 0 saturated heterocycles. The molecule has 1 unspecified atom stereocenters. The number of nitrogens with one attached hydrogen (secondary N) is 1. The third-order valence-electron chi connectivity index (χ3n) is 3.14. The SMILES string of the molecule is COc1cc(NC(=O)C(N)c2ccc(C)cc2)ccc1Cl. The molecule has 3 N–H and O–H groups in total. The lowest BCUT2D eigenvalue weighted by atomic mass is 10.1. The van der Waals surface area contributed by atoms with Gasteiger partial charge in [0.1, 0.15) is 11.8 Å². The van der Waals surface area contributed by atoms with Gasteiger partial charge in [0.05, 0.1) is 12.1 Å². The Hall–Kier alpha value is -2.04. The van der Waals surface area contributed by atoms with E-state index in [0.29, 0.717) is 16.5 Å². The van der Waals surface area contributed by atoms with E-state index < -0.39 is 6.04 Å². The van der Waals surface area contributed by atoms with Crippen molar-refractivity contribution in [1.29, 1.82) is 0 Å². The highest BCUT2D eigenvalue weighted by molar-refractivity contribution is 6.32. The molecular formula is C16H17ClN2O2. The average molecular weight is 305 g/mol. The first-order chi connectivity index (χ1) is 10.0. The van der Waals surface area contributed by atoms with Crippen molar-refractivity contribution in [2.75, 3.05) is 12.4 Å². The summed E-state index contributed by atoms with van der Waals surface area (Å²) < 4.78 is 5.11. The number of aryl methyl sites for hydroxylation is 1. The topological polar surface area (TPSA) is 64.3 Å². The number of carbonyl (C=O) groups excluding carboxylic acids is 1. The second-order valence-corrected chi connectivity index (χ2v) is 5.13. The van der Waals surface area contributed by atoms with E-state index in [1.807, 2.05) is 31.2 Å². The minimum absolute atomic E-state index is 0.289.